The second-order valence-electron chi connectivity index (χ2n) is 3.34. The molecule has 0 saturated heterocycles. The van der Waals surface area contributed by atoms with Crippen molar-refractivity contribution in [2.45, 2.75) is 26.2 Å². The number of nitrogens with two attached hydrogens (primary N) is 1. The smallest absolute Gasteiger partial charge is 0.0305 e. The summed E-state index contributed by atoms with van der Waals surface area (Å²) in [6, 6.07) is 0. The van der Waals surface area contributed by atoms with E-state index in [-0.39, 0.29) is 0 Å². The number of rotatable bonds is 3. The van der Waals surface area contributed by atoms with Crippen molar-refractivity contribution in [2.75, 3.05) is 20.1 Å². The highest BCUT2D eigenvalue weighted by Crippen LogP contribution is 2.17. The SMILES string of the molecule is CCCC1=C(N(C)N)CCNC1. The molecule has 0 radical (unpaired) electrons. The van der Waals surface area contributed by atoms with E-state index in [1.807, 2.05) is 7.05 Å². The van der Waals surface area contributed by atoms with Crippen molar-refractivity contribution in [1.29, 1.82) is 0 Å². The van der Waals surface area contributed by atoms with Crippen LogP contribution in [-0.4, -0.2) is 25.1 Å². The Morgan fingerprint density at radius 3 is 2.92 bits per heavy atom. The average Bonchev–Trinajstić information content (AvgIpc) is 2.05. The summed E-state index contributed by atoms with van der Waals surface area (Å²) in [5, 5.41) is 5.13. The molecule has 0 aliphatic carbocycles. The molecule has 0 atom stereocenters. The van der Waals surface area contributed by atoms with Gasteiger partial charge in [0, 0.05) is 32.3 Å². The topological polar surface area (TPSA) is 41.3 Å². The molecule has 1 aliphatic heterocycles. The molecule has 1 aliphatic rings. The van der Waals surface area contributed by atoms with E-state index in [1.165, 1.54) is 24.1 Å². The van der Waals surface area contributed by atoms with Crippen LogP contribution < -0.4 is 11.2 Å². The van der Waals surface area contributed by atoms with Crippen molar-refractivity contribution in [3.63, 3.8) is 0 Å². The van der Waals surface area contributed by atoms with Gasteiger partial charge in [-0.15, -0.1) is 0 Å². The maximum absolute atomic E-state index is 5.74. The van der Waals surface area contributed by atoms with Crippen molar-refractivity contribution in [3.8, 4) is 0 Å². The van der Waals surface area contributed by atoms with Crippen molar-refractivity contribution in [3.05, 3.63) is 11.3 Å². The molecule has 0 saturated carbocycles. The van der Waals surface area contributed by atoms with Crippen molar-refractivity contribution in [2.24, 2.45) is 5.84 Å². The van der Waals surface area contributed by atoms with Gasteiger partial charge in [0.25, 0.3) is 0 Å². The molecule has 1 heterocycles. The van der Waals surface area contributed by atoms with Gasteiger partial charge in [-0.3, -0.25) is 0 Å². The standard InChI is InChI=1S/C9H19N3/c1-3-4-8-7-11-6-5-9(8)12(2)10/h11H,3-7,10H2,1-2H3. The first kappa shape index (κ1) is 9.55. The maximum Gasteiger partial charge on any atom is 0.0305 e. The van der Waals surface area contributed by atoms with Crippen LogP contribution in [-0.2, 0) is 0 Å². The van der Waals surface area contributed by atoms with Crippen molar-refractivity contribution < 1.29 is 0 Å². The van der Waals surface area contributed by atoms with Crippen molar-refractivity contribution >= 4 is 0 Å². The zero-order valence-electron chi connectivity index (χ0n) is 8.06. The first-order valence-corrected chi connectivity index (χ1v) is 4.65. The summed E-state index contributed by atoms with van der Waals surface area (Å²) >= 11 is 0. The van der Waals surface area contributed by atoms with Gasteiger partial charge in [-0.05, 0) is 12.0 Å². The molecule has 1 rings (SSSR count). The number of hydrazine groups is 1. The maximum atomic E-state index is 5.74. The third-order valence-electron chi connectivity index (χ3n) is 2.26. The molecule has 0 aromatic rings. The van der Waals surface area contributed by atoms with Gasteiger partial charge in [0.1, 0.15) is 0 Å². The first-order valence-electron chi connectivity index (χ1n) is 4.65. The Labute approximate surface area is 74.6 Å². The highest BCUT2D eigenvalue weighted by Gasteiger charge is 2.12. The van der Waals surface area contributed by atoms with E-state index >= 15 is 0 Å². The highest BCUT2D eigenvalue weighted by atomic mass is 15.4. The van der Waals surface area contributed by atoms with Crippen LogP contribution in [0, 0.1) is 0 Å². The van der Waals surface area contributed by atoms with Crippen LogP contribution in [0.25, 0.3) is 0 Å². The molecule has 0 aromatic heterocycles. The van der Waals surface area contributed by atoms with E-state index in [9.17, 15) is 0 Å². The average molecular weight is 169 g/mol. The molecule has 0 spiro atoms. The lowest BCUT2D eigenvalue weighted by molar-refractivity contribution is 0.395. The lowest BCUT2D eigenvalue weighted by atomic mass is 10.0. The van der Waals surface area contributed by atoms with Crippen LogP contribution in [0.2, 0.25) is 0 Å². The number of nitrogens with one attached hydrogen (secondary N) is 1. The predicted octanol–water partition coefficient (Wildman–Crippen LogP) is 0.839. The molecule has 3 heteroatoms. The second kappa shape index (κ2) is 4.48. The number of nitrogens with zero attached hydrogens (tertiary/aromatic N) is 1. The summed E-state index contributed by atoms with van der Waals surface area (Å²) in [7, 11) is 1.93. The van der Waals surface area contributed by atoms with E-state index < -0.39 is 0 Å². The molecule has 0 fully saturated rings. The minimum absolute atomic E-state index is 1.02. The molecule has 3 N–H and O–H groups in total. The largest absolute Gasteiger partial charge is 0.318 e. The van der Waals surface area contributed by atoms with Crippen LogP contribution in [0.1, 0.15) is 26.2 Å². The Kier molecular flexibility index (Phi) is 3.56. The summed E-state index contributed by atoms with van der Waals surface area (Å²) < 4.78 is 0. The van der Waals surface area contributed by atoms with E-state index in [0.717, 1.165) is 19.5 Å². The molecule has 70 valence electrons. The third kappa shape index (κ3) is 2.22. The van der Waals surface area contributed by atoms with Gasteiger partial charge in [0.15, 0.2) is 0 Å². The lowest BCUT2D eigenvalue weighted by Crippen LogP contribution is -2.34. The van der Waals surface area contributed by atoms with E-state index in [2.05, 4.69) is 12.2 Å². The van der Waals surface area contributed by atoms with E-state index in [4.69, 9.17) is 5.84 Å². The zero-order valence-corrected chi connectivity index (χ0v) is 8.06. The van der Waals surface area contributed by atoms with Gasteiger partial charge in [0.2, 0.25) is 0 Å². The van der Waals surface area contributed by atoms with Crippen LogP contribution in [0.4, 0.5) is 0 Å². The number of hydrogen-bond acceptors (Lipinski definition) is 3. The molecule has 0 bridgehead atoms. The van der Waals surface area contributed by atoms with Gasteiger partial charge >= 0.3 is 0 Å². The quantitative estimate of drug-likeness (QED) is 0.486. The first-order chi connectivity index (χ1) is 5.75. The Balaban J connectivity index is 2.68. The normalized spacial score (nSPS) is 18.2. The summed E-state index contributed by atoms with van der Waals surface area (Å²) in [5.41, 5.74) is 2.81. The summed E-state index contributed by atoms with van der Waals surface area (Å²) in [6.07, 6.45) is 3.44. The Morgan fingerprint density at radius 2 is 2.33 bits per heavy atom. The fourth-order valence-corrected chi connectivity index (χ4v) is 1.69. The summed E-state index contributed by atoms with van der Waals surface area (Å²) in [5.74, 6) is 5.74. The monoisotopic (exact) mass is 169 g/mol. The van der Waals surface area contributed by atoms with E-state index in [1.54, 1.807) is 5.01 Å². The molecule has 0 unspecified atom stereocenters. The van der Waals surface area contributed by atoms with Gasteiger partial charge < -0.3 is 10.3 Å². The number of hydrogen-bond donors (Lipinski definition) is 2. The molecule has 3 nitrogen and oxygen atoms in total. The van der Waals surface area contributed by atoms with Crippen LogP contribution in [0.15, 0.2) is 11.3 Å². The van der Waals surface area contributed by atoms with Crippen molar-refractivity contribution in [1.82, 2.24) is 10.3 Å². The zero-order chi connectivity index (χ0) is 8.97. The Morgan fingerprint density at radius 1 is 1.58 bits per heavy atom. The third-order valence-corrected chi connectivity index (χ3v) is 2.26. The van der Waals surface area contributed by atoms with Gasteiger partial charge in [0.05, 0.1) is 0 Å². The van der Waals surface area contributed by atoms with Gasteiger partial charge in [-0.1, -0.05) is 13.3 Å². The highest BCUT2D eigenvalue weighted by molar-refractivity contribution is 5.16. The van der Waals surface area contributed by atoms with Gasteiger partial charge in [-0.2, -0.15) is 0 Å². The summed E-state index contributed by atoms with van der Waals surface area (Å²) in [4.78, 5) is 0. The molecule has 0 amide bonds. The molecule has 12 heavy (non-hydrogen) atoms. The van der Waals surface area contributed by atoms with E-state index in [0.29, 0.717) is 0 Å². The van der Waals surface area contributed by atoms with Crippen LogP contribution in [0.5, 0.6) is 0 Å². The summed E-state index contributed by atoms with van der Waals surface area (Å²) in [6.45, 7) is 4.28. The fourth-order valence-electron chi connectivity index (χ4n) is 1.69. The molecular weight excluding hydrogens is 150 g/mol. The second-order valence-corrected chi connectivity index (χ2v) is 3.34. The minimum atomic E-state index is 1.02. The fraction of sp³-hybridized carbons (Fsp3) is 0.778. The molecule has 0 aromatic carbocycles. The lowest BCUT2D eigenvalue weighted by Gasteiger charge is -2.26. The Hall–Kier alpha value is -0.540. The van der Waals surface area contributed by atoms with Crippen LogP contribution in [0.3, 0.4) is 0 Å². The molecular formula is C9H19N3. The predicted molar refractivity (Wildman–Crippen MR) is 51.4 cm³/mol. The van der Waals surface area contributed by atoms with Gasteiger partial charge in [-0.25, -0.2) is 5.84 Å². The van der Waals surface area contributed by atoms with Crippen LogP contribution >= 0.6 is 0 Å². The Bertz CT molecular complexity index is 173. The minimum Gasteiger partial charge on any atom is -0.318 e.